The quantitative estimate of drug-likeness (QED) is 0.714. The zero-order valence-corrected chi connectivity index (χ0v) is 14.1. The molecule has 2 aromatic carbocycles. The molecule has 0 spiro atoms. The second kappa shape index (κ2) is 6.36. The summed E-state index contributed by atoms with van der Waals surface area (Å²) >= 11 is 0. The van der Waals surface area contributed by atoms with Crippen LogP contribution in [0.4, 0.5) is 4.39 Å². The number of fused-ring (bicyclic) bond motifs is 1. The maximum absolute atomic E-state index is 13.3. The Bertz CT molecular complexity index is 903. The van der Waals surface area contributed by atoms with E-state index in [1.165, 1.54) is 12.1 Å². The zero-order valence-electron chi connectivity index (χ0n) is 14.1. The van der Waals surface area contributed by atoms with Gasteiger partial charge in [0, 0.05) is 17.1 Å². The van der Waals surface area contributed by atoms with E-state index < -0.39 is 0 Å². The first-order valence-electron chi connectivity index (χ1n) is 8.71. The standard InChI is InChI=1S/C21H21FN2O/c1-13-9-18(13)21(14-5-3-2-4-6-14)24-20(25)10-15-12-23-19-11-16(22)7-8-17(15)19/h2-8,11-13,18,21,23H,9-10H2,1H3,(H,24,25). The fourth-order valence-corrected chi connectivity index (χ4v) is 3.62. The van der Waals surface area contributed by atoms with Crippen molar-refractivity contribution < 1.29 is 9.18 Å². The van der Waals surface area contributed by atoms with Crippen LogP contribution in [-0.2, 0) is 11.2 Å². The van der Waals surface area contributed by atoms with E-state index >= 15 is 0 Å². The Kier molecular flexibility index (Phi) is 4.04. The van der Waals surface area contributed by atoms with E-state index in [0.717, 1.165) is 28.5 Å². The van der Waals surface area contributed by atoms with Crippen molar-refractivity contribution in [2.45, 2.75) is 25.8 Å². The highest BCUT2D eigenvalue weighted by atomic mass is 19.1. The van der Waals surface area contributed by atoms with Crippen molar-refractivity contribution in [2.75, 3.05) is 0 Å². The number of aromatic amines is 1. The Balaban J connectivity index is 1.51. The Morgan fingerprint density at radius 3 is 2.76 bits per heavy atom. The topological polar surface area (TPSA) is 44.9 Å². The average molecular weight is 336 g/mol. The lowest BCUT2D eigenvalue weighted by atomic mass is 10.0. The van der Waals surface area contributed by atoms with Crippen molar-refractivity contribution in [3.8, 4) is 0 Å². The highest BCUT2D eigenvalue weighted by Gasteiger charge is 2.40. The molecule has 25 heavy (non-hydrogen) atoms. The summed E-state index contributed by atoms with van der Waals surface area (Å²) < 4.78 is 13.3. The number of rotatable bonds is 5. The van der Waals surface area contributed by atoms with Gasteiger partial charge in [-0.25, -0.2) is 4.39 Å². The van der Waals surface area contributed by atoms with Gasteiger partial charge in [-0.05, 0) is 47.6 Å². The van der Waals surface area contributed by atoms with Crippen molar-refractivity contribution in [1.29, 1.82) is 0 Å². The number of aromatic nitrogens is 1. The normalized spacial score (nSPS) is 20.4. The van der Waals surface area contributed by atoms with E-state index in [9.17, 15) is 9.18 Å². The first kappa shape index (κ1) is 15.9. The number of carbonyl (C=O) groups excluding carboxylic acids is 1. The lowest BCUT2D eigenvalue weighted by Gasteiger charge is -2.19. The maximum Gasteiger partial charge on any atom is 0.224 e. The summed E-state index contributed by atoms with van der Waals surface area (Å²) in [6.07, 6.45) is 3.23. The third kappa shape index (κ3) is 3.29. The third-order valence-electron chi connectivity index (χ3n) is 5.16. The molecule has 4 heteroatoms. The summed E-state index contributed by atoms with van der Waals surface area (Å²) in [4.78, 5) is 15.7. The van der Waals surface area contributed by atoms with Gasteiger partial charge < -0.3 is 10.3 Å². The molecule has 128 valence electrons. The van der Waals surface area contributed by atoms with Gasteiger partial charge in [0.2, 0.25) is 5.91 Å². The van der Waals surface area contributed by atoms with E-state index in [0.29, 0.717) is 11.8 Å². The number of carbonyl (C=O) groups is 1. The molecule has 3 unspecified atom stereocenters. The lowest BCUT2D eigenvalue weighted by Crippen LogP contribution is -2.31. The van der Waals surface area contributed by atoms with Crippen LogP contribution >= 0.6 is 0 Å². The fraction of sp³-hybridized carbons (Fsp3) is 0.286. The molecule has 1 saturated carbocycles. The molecule has 2 N–H and O–H groups in total. The first-order valence-corrected chi connectivity index (χ1v) is 8.71. The van der Waals surface area contributed by atoms with Gasteiger partial charge in [0.05, 0.1) is 12.5 Å². The smallest absolute Gasteiger partial charge is 0.224 e. The first-order chi connectivity index (χ1) is 12.1. The predicted molar refractivity (Wildman–Crippen MR) is 96.6 cm³/mol. The zero-order chi connectivity index (χ0) is 17.4. The number of halogens is 1. The van der Waals surface area contributed by atoms with Crippen LogP contribution < -0.4 is 5.32 Å². The fourth-order valence-electron chi connectivity index (χ4n) is 3.62. The Morgan fingerprint density at radius 2 is 2.04 bits per heavy atom. The van der Waals surface area contributed by atoms with Crippen LogP contribution in [0, 0.1) is 17.7 Å². The van der Waals surface area contributed by atoms with Crippen molar-refractivity contribution in [1.82, 2.24) is 10.3 Å². The Hall–Kier alpha value is -2.62. The summed E-state index contributed by atoms with van der Waals surface area (Å²) in [5.41, 5.74) is 2.77. The molecule has 1 aliphatic rings. The van der Waals surface area contributed by atoms with Crippen molar-refractivity contribution in [2.24, 2.45) is 11.8 Å². The van der Waals surface area contributed by atoms with E-state index in [4.69, 9.17) is 0 Å². The maximum atomic E-state index is 13.3. The molecule has 1 aliphatic carbocycles. The molecule has 0 saturated heterocycles. The Labute approximate surface area is 146 Å². The molecule has 3 aromatic rings. The van der Waals surface area contributed by atoms with Gasteiger partial charge in [0.1, 0.15) is 5.82 Å². The van der Waals surface area contributed by atoms with Crippen molar-refractivity contribution in [3.63, 3.8) is 0 Å². The second-order valence-electron chi connectivity index (χ2n) is 7.01. The Morgan fingerprint density at radius 1 is 1.28 bits per heavy atom. The minimum absolute atomic E-state index is 0.00169. The van der Waals surface area contributed by atoms with Crippen LogP contribution in [0.2, 0.25) is 0 Å². The lowest BCUT2D eigenvalue weighted by molar-refractivity contribution is -0.121. The molecule has 0 radical (unpaired) electrons. The second-order valence-corrected chi connectivity index (χ2v) is 7.01. The van der Waals surface area contributed by atoms with Crippen molar-refractivity contribution in [3.05, 3.63) is 71.7 Å². The van der Waals surface area contributed by atoms with E-state index in [-0.39, 0.29) is 24.2 Å². The van der Waals surface area contributed by atoms with Crippen LogP contribution in [0.15, 0.2) is 54.7 Å². The highest BCUT2D eigenvalue weighted by molar-refractivity contribution is 5.89. The van der Waals surface area contributed by atoms with Crippen LogP contribution in [0.25, 0.3) is 10.9 Å². The molecule has 1 fully saturated rings. The van der Waals surface area contributed by atoms with Gasteiger partial charge in [-0.2, -0.15) is 0 Å². The van der Waals surface area contributed by atoms with Gasteiger partial charge in [-0.1, -0.05) is 37.3 Å². The SMILES string of the molecule is CC1CC1C(NC(=O)Cc1c[nH]c2cc(F)ccc12)c1ccccc1. The number of hydrogen-bond acceptors (Lipinski definition) is 1. The number of H-pyrrole nitrogens is 1. The van der Waals surface area contributed by atoms with Gasteiger partial charge >= 0.3 is 0 Å². The highest BCUT2D eigenvalue weighted by Crippen LogP contribution is 2.46. The molecule has 0 aliphatic heterocycles. The number of amides is 1. The van der Waals surface area contributed by atoms with Gasteiger partial charge in [0.25, 0.3) is 0 Å². The van der Waals surface area contributed by atoms with Gasteiger partial charge in [-0.15, -0.1) is 0 Å². The monoisotopic (exact) mass is 336 g/mol. The van der Waals surface area contributed by atoms with Gasteiger partial charge in [-0.3, -0.25) is 4.79 Å². The third-order valence-corrected chi connectivity index (χ3v) is 5.16. The number of hydrogen-bond donors (Lipinski definition) is 2. The van der Waals surface area contributed by atoms with Crippen LogP contribution in [0.1, 0.15) is 30.5 Å². The number of nitrogens with one attached hydrogen (secondary N) is 2. The minimum atomic E-state index is -0.280. The van der Waals surface area contributed by atoms with Gasteiger partial charge in [0.15, 0.2) is 0 Å². The largest absolute Gasteiger partial charge is 0.361 e. The molecule has 3 atom stereocenters. The molecule has 1 amide bonds. The van der Waals surface area contributed by atoms with Crippen LogP contribution in [0.3, 0.4) is 0 Å². The molecule has 0 bridgehead atoms. The van der Waals surface area contributed by atoms with E-state index in [2.05, 4.69) is 29.4 Å². The van der Waals surface area contributed by atoms with Crippen molar-refractivity contribution >= 4 is 16.8 Å². The van der Waals surface area contributed by atoms with E-state index in [1.54, 1.807) is 12.3 Å². The number of benzene rings is 2. The molecule has 4 rings (SSSR count). The summed E-state index contributed by atoms with van der Waals surface area (Å²) in [6, 6.07) is 14.8. The minimum Gasteiger partial charge on any atom is -0.361 e. The molecule has 1 heterocycles. The van der Waals surface area contributed by atoms with E-state index in [1.807, 2.05) is 18.2 Å². The summed E-state index contributed by atoms with van der Waals surface area (Å²) in [5.74, 6) is 0.861. The molecular weight excluding hydrogens is 315 g/mol. The van der Waals surface area contributed by atoms with Crippen LogP contribution in [0.5, 0.6) is 0 Å². The molecular formula is C21H21FN2O. The predicted octanol–water partition coefficient (Wildman–Crippen LogP) is 4.36. The summed E-state index contributed by atoms with van der Waals surface area (Å²) in [6.45, 7) is 2.22. The summed E-state index contributed by atoms with van der Waals surface area (Å²) in [5, 5.41) is 4.11. The summed E-state index contributed by atoms with van der Waals surface area (Å²) in [7, 11) is 0. The average Bonchev–Trinajstić information content (AvgIpc) is 3.21. The molecule has 1 aromatic heterocycles. The van der Waals surface area contributed by atoms with Crippen LogP contribution in [-0.4, -0.2) is 10.9 Å². The molecule has 3 nitrogen and oxygen atoms in total.